The first-order valence-corrected chi connectivity index (χ1v) is 7.70. The van der Waals surface area contributed by atoms with Crippen molar-refractivity contribution in [3.8, 4) is 5.75 Å². The predicted molar refractivity (Wildman–Crippen MR) is 88.7 cm³/mol. The molecule has 126 valence electrons. The molecule has 0 aliphatic carbocycles. The molecule has 1 atom stereocenters. The van der Waals surface area contributed by atoms with Gasteiger partial charge in [0, 0.05) is 29.7 Å². The van der Waals surface area contributed by atoms with Crippen LogP contribution in [0.3, 0.4) is 0 Å². The molecule has 6 heteroatoms. The SMILES string of the molecule is COC(=O)Cc1c[nH]c2ccc(OC[C@@H](O)CNC(C)C)cc12. The first kappa shape index (κ1) is 17.3. The van der Waals surface area contributed by atoms with Crippen molar-refractivity contribution >= 4 is 16.9 Å². The Balaban J connectivity index is 2.01. The van der Waals surface area contributed by atoms with Crippen LogP contribution < -0.4 is 10.1 Å². The van der Waals surface area contributed by atoms with Gasteiger partial charge in [-0.3, -0.25) is 4.79 Å². The Morgan fingerprint density at radius 1 is 1.39 bits per heavy atom. The average Bonchev–Trinajstić information content (AvgIpc) is 2.93. The van der Waals surface area contributed by atoms with Gasteiger partial charge < -0.3 is 24.9 Å². The van der Waals surface area contributed by atoms with Gasteiger partial charge in [0.1, 0.15) is 18.5 Å². The van der Waals surface area contributed by atoms with Crippen molar-refractivity contribution in [1.29, 1.82) is 0 Å². The van der Waals surface area contributed by atoms with Crippen LogP contribution in [0.15, 0.2) is 24.4 Å². The van der Waals surface area contributed by atoms with Crippen LogP contribution in [0.25, 0.3) is 10.9 Å². The Labute approximate surface area is 135 Å². The highest BCUT2D eigenvalue weighted by Gasteiger charge is 2.11. The monoisotopic (exact) mass is 320 g/mol. The number of aromatic nitrogens is 1. The molecule has 1 aromatic carbocycles. The van der Waals surface area contributed by atoms with Gasteiger partial charge in [0.15, 0.2) is 0 Å². The highest BCUT2D eigenvalue weighted by Crippen LogP contribution is 2.24. The van der Waals surface area contributed by atoms with Crippen LogP contribution in [-0.4, -0.2) is 48.5 Å². The number of aliphatic hydroxyl groups is 1. The van der Waals surface area contributed by atoms with E-state index in [0.717, 1.165) is 16.5 Å². The van der Waals surface area contributed by atoms with Crippen LogP contribution in [0.4, 0.5) is 0 Å². The van der Waals surface area contributed by atoms with Gasteiger partial charge in [0.25, 0.3) is 0 Å². The predicted octanol–water partition coefficient (Wildman–Crippen LogP) is 1.62. The number of carbonyl (C=O) groups is 1. The van der Waals surface area contributed by atoms with E-state index in [1.807, 2.05) is 32.0 Å². The zero-order valence-corrected chi connectivity index (χ0v) is 13.8. The highest BCUT2D eigenvalue weighted by atomic mass is 16.5. The Morgan fingerprint density at radius 2 is 2.17 bits per heavy atom. The zero-order chi connectivity index (χ0) is 16.8. The third kappa shape index (κ3) is 4.97. The molecular weight excluding hydrogens is 296 g/mol. The van der Waals surface area contributed by atoms with E-state index in [1.165, 1.54) is 7.11 Å². The normalized spacial score (nSPS) is 12.6. The zero-order valence-electron chi connectivity index (χ0n) is 13.8. The van der Waals surface area contributed by atoms with E-state index < -0.39 is 6.10 Å². The highest BCUT2D eigenvalue weighted by molar-refractivity contribution is 5.88. The molecule has 0 saturated heterocycles. The molecule has 2 aromatic rings. The van der Waals surface area contributed by atoms with Crippen molar-refractivity contribution in [1.82, 2.24) is 10.3 Å². The second-order valence-electron chi connectivity index (χ2n) is 5.80. The van der Waals surface area contributed by atoms with Gasteiger partial charge >= 0.3 is 5.97 Å². The van der Waals surface area contributed by atoms with Crippen LogP contribution in [0.1, 0.15) is 19.4 Å². The quantitative estimate of drug-likeness (QED) is 0.644. The Hall–Kier alpha value is -2.05. The van der Waals surface area contributed by atoms with Crippen LogP contribution >= 0.6 is 0 Å². The number of fused-ring (bicyclic) bond motifs is 1. The van der Waals surface area contributed by atoms with E-state index in [9.17, 15) is 9.90 Å². The summed E-state index contributed by atoms with van der Waals surface area (Å²) >= 11 is 0. The smallest absolute Gasteiger partial charge is 0.310 e. The van der Waals surface area contributed by atoms with Crippen LogP contribution in [0, 0.1) is 0 Å². The number of H-pyrrole nitrogens is 1. The van der Waals surface area contributed by atoms with Gasteiger partial charge in [-0.2, -0.15) is 0 Å². The summed E-state index contributed by atoms with van der Waals surface area (Å²) in [6, 6.07) is 5.92. The summed E-state index contributed by atoms with van der Waals surface area (Å²) in [7, 11) is 1.37. The summed E-state index contributed by atoms with van der Waals surface area (Å²) in [5, 5.41) is 14.0. The van der Waals surface area contributed by atoms with E-state index in [-0.39, 0.29) is 19.0 Å². The maximum absolute atomic E-state index is 11.4. The van der Waals surface area contributed by atoms with Crippen molar-refractivity contribution in [2.75, 3.05) is 20.3 Å². The second-order valence-corrected chi connectivity index (χ2v) is 5.80. The number of carbonyl (C=O) groups excluding carboxylic acids is 1. The molecule has 3 N–H and O–H groups in total. The maximum atomic E-state index is 11.4. The minimum Gasteiger partial charge on any atom is -0.491 e. The summed E-state index contributed by atoms with van der Waals surface area (Å²) in [6.45, 7) is 4.74. The van der Waals surface area contributed by atoms with Crippen molar-refractivity contribution < 1.29 is 19.4 Å². The number of hydrogen-bond donors (Lipinski definition) is 3. The molecule has 6 nitrogen and oxygen atoms in total. The minimum absolute atomic E-state index is 0.209. The lowest BCUT2D eigenvalue weighted by Gasteiger charge is -2.15. The molecule has 23 heavy (non-hydrogen) atoms. The van der Waals surface area contributed by atoms with E-state index in [2.05, 4.69) is 10.3 Å². The van der Waals surface area contributed by atoms with Gasteiger partial charge in [-0.1, -0.05) is 13.8 Å². The molecule has 0 aliphatic rings. The molecular formula is C17H24N2O4. The lowest BCUT2D eigenvalue weighted by atomic mass is 10.1. The molecule has 0 unspecified atom stereocenters. The van der Waals surface area contributed by atoms with Crippen LogP contribution in [-0.2, 0) is 16.0 Å². The lowest BCUT2D eigenvalue weighted by Crippen LogP contribution is -2.35. The van der Waals surface area contributed by atoms with Crippen molar-refractivity contribution in [2.24, 2.45) is 0 Å². The molecule has 0 saturated carbocycles. The summed E-state index contributed by atoms with van der Waals surface area (Å²) in [4.78, 5) is 14.6. The summed E-state index contributed by atoms with van der Waals surface area (Å²) in [6.07, 6.45) is 1.43. The molecule has 0 spiro atoms. The molecule has 0 bridgehead atoms. The van der Waals surface area contributed by atoms with Crippen molar-refractivity contribution in [2.45, 2.75) is 32.4 Å². The third-order valence-electron chi connectivity index (χ3n) is 3.51. The fraction of sp³-hybridized carbons (Fsp3) is 0.471. The van der Waals surface area contributed by atoms with E-state index >= 15 is 0 Å². The van der Waals surface area contributed by atoms with Gasteiger partial charge in [-0.25, -0.2) is 0 Å². The molecule has 1 aromatic heterocycles. The first-order valence-electron chi connectivity index (χ1n) is 7.70. The van der Waals surface area contributed by atoms with Crippen LogP contribution in [0.2, 0.25) is 0 Å². The van der Waals surface area contributed by atoms with E-state index in [1.54, 1.807) is 6.20 Å². The van der Waals surface area contributed by atoms with E-state index in [0.29, 0.717) is 18.3 Å². The Bertz CT molecular complexity index is 651. The van der Waals surface area contributed by atoms with Gasteiger partial charge in [0.2, 0.25) is 0 Å². The summed E-state index contributed by atoms with van der Waals surface area (Å²) < 4.78 is 10.3. The number of hydrogen-bond acceptors (Lipinski definition) is 5. The molecule has 0 fully saturated rings. The molecule has 0 aliphatic heterocycles. The summed E-state index contributed by atoms with van der Waals surface area (Å²) in [5.41, 5.74) is 1.79. The number of ether oxygens (including phenoxy) is 2. The fourth-order valence-electron chi connectivity index (χ4n) is 2.24. The van der Waals surface area contributed by atoms with Gasteiger partial charge in [-0.05, 0) is 23.8 Å². The number of benzene rings is 1. The molecule has 0 amide bonds. The summed E-state index contributed by atoms with van der Waals surface area (Å²) in [5.74, 6) is 0.374. The topological polar surface area (TPSA) is 83.6 Å². The Kier molecular flexibility index (Phi) is 6.01. The van der Waals surface area contributed by atoms with E-state index in [4.69, 9.17) is 9.47 Å². The second kappa shape index (κ2) is 7.99. The standard InChI is InChI=1S/C17H24N2O4/c1-11(2)18-9-13(20)10-23-14-4-5-16-15(7-14)12(8-19-16)6-17(21)22-3/h4-5,7-8,11,13,18-20H,6,9-10H2,1-3H3/t13-/m0/s1. The lowest BCUT2D eigenvalue weighted by molar-refractivity contribution is -0.139. The minimum atomic E-state index is -0.575. The number of esters is 1. The number of rotatable bonds is 8. The fourth-order valence-corrected chi connectivity index (χ4v) is 2.24. The van der Waals surface area contributed by atoms with Gasteiger partial charge in [0.05, 0.1) is 13.5 Å². The van der Waals surface area contributed by atoms with Gasteiger partial charge in [-0.15, -0.1) is 0 Å². The number of aromatic amines is 1. The van der Waals surface area contributed by atoms with Crippen LogP contribution in [0.5, 0.6) is 5.75 Å². The average molecular weight is 320 g/mol. The molecule has 2 rings (SSSR count). The van der Waals surface area contributed by atoms with Crippen molar-refractivity contribution in [3.63, 3.8) is 0 Å². The number of nitrogens with one attached hydrogen (secondary N) is 2. The third-order valence-corrected chi connectivity index (χ3v) is 3.51. The largest absolute Gasteiger partial charge is 0.491 e. The number of aliphatic hydroxyl groups excluding tert-OH is 1. The first-order chi connectivity index (χ1) is 11.0. The molecule has 0 radical (unpaired) electrons. The maximum Gasteiger partial charge on any atom is 0.310 e. The Morgan fingerprint density at radius 3 is 2.87 bits per heavy atom. The number of methoxy groups -OCH3 is 1. The van der Waals surface area contributed by atoms with Crippen molar-refractivity contribution in [3.05, 3.63) is 30.0 Å². The molecule has 1 heterocycles.